The molecule has 0 unspecified atom stereocenters. The van der Waals surface area contributed by atoms with Crippen LogP contribution in [0, 0.1) is 0 Å². The molecule has 1 aromatic carbocycles. The summed E-state index contributed by atoms with van der Waals surface area (Å²) in [5.74, 6) is 0.330. The smallest absolute Gasteiger partial charge is 0.415 e. The van der Waals surface area contributed by atoms with Crippen molar-refractivity contribution in [3.8, 4) is 5.75 Å². The zero-order valence-corrected chi connectivity index (χ0v) is 12.9. The number of carboxylic acid groups (broad SMARTS) is 1. The lowest BCUT2D eigenvalue weighted by Gasteiger charge is -2.24. The second kappa shape index (κ2) is 7.52. The third-order valence-electron chi connectivity index (χ3n) is 3.05. The van der Waals surface area contributed by atoms with E-state index in [1.807, 2.05) is 13.8 Å². The molecule has 6 heteroatoms. The fraction of sp³-hybridized carbons (Fsp3) is 0.467. The number of carbonyl (C=O) groups excluding carboxylic acids is 1. The molecule has 0 aliphatic rings. The summed E-state index contributed by atoms with van der Waals surface area (Å²) in [5, 5.41) is 9.24. The highest BCUT2D eigenvalue weighted by molar-refractivity contribution is 5.87. The summed E-state index contributed by atoms with van der Waals surface area (Å²) in [4.78, 5) is 25.9. The minimum atomic E-state index is -1.04. The summed E-state index contributed by atoms with van der Waals surface area (Å²) < 4.78 is 5.28. The monoisotopic (exact) mass is 294 g/mol. The van der Waals surface area contributed by atoms with Crippen molar-refractivity contribution in [2.75, 3.05) is 18.0 Å². The zero-order chi connectivity index (χ0) is 16.0. The van der Waals surface area contributed by atoms with E-state index in [0.717, 1.165) is 0 Å². The molecule has 2 amide bonds. The lowest BCUT2D eigenvalue weighted by Crippen LogP contribution is -2.36. The molecule has 0 atom stereocenters. The van der Waals surface area contributed by atoms with Gasteiger partial charge in [-0.2, -0.15) is 0 Å². The van der Waals surface area contributed by atoms with Crippen LogP contribution >= 0.6 is 0 Å². The van der Waals surface area contributed by atoms with Crippen LogP contribution in [0.1, 0.15) is 27.7 Å². The van der Waals surface area contributed by atoms with Gasteiger partial charge in [0.1, 0.15) is 5.75 Å². The Kier molecular flexibility index (Phi) is 6.02. The van der Waals surface area contributed by atoms with Gasteiger partial charge in [-0.05, 0) is 39.8 Å². The summed E-state index contributed by atoms with van der Waals surface area (Å²) in [6.07, 6.45) is -1.49. The van der Waals surface area contributed by atoms with E-state index in [2.05, 4.69) is 0 Å². The lowest BCUT2D eigenvalue weighted by molar-refractivity contribution is 0.157. The molecule has 0 saturated carbocycles. The number of carbonyl (C=O) groups is 2. The Labute approximate surface area is 124 Å². The molecule has 0 saturated heterocycles. The number of anilines is 1. The second-order valence-electron chi connectivity index (χ2n) is 4.78. The summed E-state index contributed by atoms with van der Waals surface area (Å²) >= 11 is 0. The van der Waals surface area contributed by atoms with Crippen LogP contribution in [-0.4, -0.2) is 41.3 Å². The quantitative estimate of drug-likeness (QED) is 0.903. The van der Waals surface area contributed by atoms with Gasteiger partial charge in [0.2, 0.25) is 0 Å². The maximum absolute atomic E-state index is 11.9. The number of rotatable bonds is 5. The minimum Gasteiger partial charge on any atom is -0.465 e. The Morgan fingerprint density at radius 1 is 1.24 bits per heavy atom. The van der Waals surface area contributed by atoms with Gasteiger partial charge in [0.15, 0.2) is 0 Å². The SMILES string of the molecule is CCN(CC)C(=O)Oc1cccc(N(C(=O)O)C(C)C)c1. The van der Waals surface area contributed by atoms with Crippen molar-refractivity contribution < 1.29 is 19.4 Å². The minimum absolute atomic E-state index is 0.212. The highest BCUT2D eigenvalue weighted by Gasteiger charge is 2.19. The Balaban J connectivity index is 2.95. The van der Waals surface area contributed by atoms with Crippen LogP contribution in [0.15, 0.2) is 24.3 Å². The number of hydrogen-bond acceptors (Lipinski definition) is 3. The van der Waals surface area contributed by atoms with Gasteiger partial charge < -0.3 is 14.7 Å². The number of nitrogens with zero attached hydrogens (tertiary/aromatic N) is 2. The van der Waals surface area contributed by atoms with Crippen LogP contribution in [-0.2, 0) is 0 Å². The van der Waals surface area contributed by atoms with E-state index in [1.54, 1.807) is 43.0 Å². The van der Waals surface area contributed by atoms with Crippen LogP contribution in [0.25, 0.3) is 0 Å². The van der Waals surface area contributed by atoms with Crippen molar-refractivity contribution in [3.05, 3.63) is 24.3 Å². The van der Waals surface area contributed by atoms with Crippen molar-refractivity contribution in [3.63, 3.8) is 0 Å². The molecule has 1 rings (SSSR count). The summed E-state index contributed by atoms with van der Waals surface area (Å²) in [5.41, 5.74) is 0.474. The number of amides is 2. The summed E-state index contributed by atoms with van der Waals surface area (Å²) in [6.45, 7) is 8.41. The maximum Gasteiger partial charge on any atom is 0.415 e. The van der Waals surface area contributed by atoms with Gasteiger partial charge >= 0.3 is 12.2 Å². The molecule has 0 radical (unpaired) electrons. The molecule has 0 aromatic heterocycles. The van der Waals surface area contributed by atoms with Gasteiger partial charge in [0.05, 0.1) is 5.69 Å². The first kappa shape index (κ1) is 16.8. The third kappa shape index (κ3) is 4.37. The van der Waals surface area contributed by atoms with Crippen molar-refractivity contribution in [1.29, 1.82) is 0 Å². The van der Waals surface area contributed by atoms with Crippen LogP contribution in [0.2, 0.25) is 0 Å². The molecule has 1 N–H and O–H groups in total. The molecule has 0 fully saturated rings. The van der Waals surface area contributed by atoms with E-state index in [4.69, 9.17) is 4.74 Å². The number of benzene rings is 1. The van der Waals surface area contributed by atoms with E-state index in [-0.39, 0.29) is 6.04 Å². The Bertz CT molecular complexity index is 498. The number of ether oxygens (including phenoxy) is 1. The third-order valence-corrected chi connectivity index (χ3v) is 3.05. The van der Waals surface area contributed by atoms with E-state index < -0.39 is 12.2 Å². The Hall–Kier alpha value is -2.24. The average molecular weight is 294 g/mol. The van der Waals surface area contributed by atoms with Gasteiger partial charge in [-0.3, -0.25) is 4.90 Å². The molecule has 0 bridgehead atoms. The van der Waals surface area contributed by atoms with Crippen molar-refractivity contribution >= 4 is 17.9 Å². The lowest BCUT2D eigenvalue weighted by atomic mass is 10.2. The molecule has 1 aromatic rings. The average Bonchev–Trinajstić information content (AvgIpc) is 2.39. The predicted octanol–water partition coefficient (Wildman–Crippen LogP) is 3.42. The molecule has 21 heavy (non-hydrogen) atoms. The second-order valence-corrected chi connectivity index (χ2v) is 4.78. The Morgan fingerprint density at radius 2 is 1.86 bits per heavy atom. The van der Waals surface area contributed by atoms with Crippen molar-refractivity contribution in [2.24, 2.45) is 0 Å². The van der Waals surface area contributed by atoms with Crippen LogP contribution < -0.4 is 9.64 Å². The summed E-state index contributed by atoms with van der Waals surface area (Å²) in [6, 6.07) is 6.30. The van der Waals surface area contributed by atoms with Crippen LogP contribution in [0.5, 0.6) is 5.75 Å². The van der Waals surface area contributed by atoms with E-state index in [9.17, 15) is 14.7 Å². The van der Waals surface area contributed by atoms with E-state index in [0.29, 0.717) is 24.5 Å². The molecule has 0 aliphatic heterocycles. The normalized spacial score (nSPS) is 10.3. The Morgan fingerprint density at radius 3 is 2.33 bits per heavy atom. The van der Waals surface area contributed by atoms with Crippen LogP contribution in [0.4, 0.5) is 15.3 Å². The molecule has 0 spiro atoms. The molecular formula is C15H22N2O4. The first-order valence-electron chi connectivity index (χ1n) is 6.99. The highest BCUT2D eigenvalue weighted by atomic mass is 16.6. The van der Waals surface area contributed by atoms with Gasteiger partial charge in [-0.25, -0.2) is 9.59 Å². The topological polar surface area (TPSA) is 70.1 Å². The fourth-order valence-electron chi connectivity index (χ4n) is 1.97. The predicted molar refractivity (Wildman–Crippen MR) is 81.0 cm³/mol. The van der Waals surface area contributed by atoms with Crippen molar-refractivity contribution in [1.82, 2.24) is 4.90 Å². The largest absolute Gasteiger partial charge is 0.465 e. The van der Waals surface area contributed by atoms with E-state index >= 15 is 0 Å². The fourth-order valence-corrected chi connectivity index (χ4v) is 1.97. The number of hydrogen-bond donors (Lipinski definition) is 1. The molecule has 0 heterocycles. The maximum atomic E-state index is 11.9. The first-order chi connectivity index (χ1) is 9.90. The first-order valence-corrected chi connectivity index (χ1v) is 6.99. The molecular weight excluding hydrogens is 272 g/mol. The molecule has 0 aliphatic carbocycles. The highest BCUT2D eigenvalue weighted by Crippen LogP contribution is 2.23. The summed E-state index contributed by atoms with van der Waals surface area (Å²) in [7, 11) is 0. The van der Waals surface area contributed by atoms with Gasteiger partial charge in [-0.1, -0.05) is 6.07 Å². The van der Waals surface area contributed by atoms with Crippen molar-refractivity contribution in [2.45, 2.75) is 33.7 Å². The van der Waals surface area contributed by atoms with Gasteiger partial charge in [-0.15, -0.1) is 0 Å². The van der Waals surface area contributed by atoms with Crippen LogP contribution in [0.3, 0.4) is 0 Å². The van der Waals surface area contributed by atoms with Gasteiger partial charge in [0, 0.05) is 25.2 Å². The molecule has 116 valence electrons. The van der Waals surface area contributed by atoms with Gasteiger partial charge in [0.25, 0.3) is 0 Å². The standard InChI is InChI=1S/C15H22N2O4/c1-5-16(6-2)15(20)21-13-9-7-8-12(10-13)17(11(3)4)14(18)19/h7-11H,5-6H2,1-4H3,(H,18,19). The zero-order valence-electron chi connectivity index (χ0n) is 12.9. The van der Waals surface area contributed by atoms with E-state index in [1.165, 1.54) is 4.90 Å². The molecule has 6 nitrogen and oxygen atoms in total.